The molecule has 37 heteroatoms. The second-order valence-electron chi connectivity index (χ2n) is 16.6. The Morgan fingerprint density at radius 3 is 1.26 bits per heavy atom. The van der Waals surface area contributed by atoms with Crippen molar-refractivity contribution in [1.29, 1.82) is 0 Å². The van der Waals surface area contributed by atoms with Gasteiger partial charge in [-0.15, -0.1) is 45.5 Å². The topological polar surface area (TPSA) is 424 Å². The molecule has 37 nitrogen and oxygen atoms in total. The molecule has 12 rings (SSSR count). The molecule has 0 bridgehead atoms. The van der Waals surface area contributed by atoms with Gasteiger partial charge in [-0.2, -0.15) is 18.7 Å². The highest BCUT2D eigenvalue weighted by Gasteiger charge is 2.24. The number of furan rings is 4. The molecule has 0 unspecified atom stereocenters. The van der Waals surface area contributed by atoms with Crippen LogP contribution in [0.1, 0.15) is 45.9 Å². The van der Waals surface area contributed by atoms with Crippen LogP contribution in [0.5, 0.6) is 29.3 Å². The molecule has 0 saturated heterocycles. The lowest BCUT2D eigenvalue weighted by molar-refractivity contribution is 0.278. The van der Waals surface area contributed by atoms with Gasteiger partial charge in [0.25, 0.3) is 0 Å². The van der Waals surface area contributed by atoms with E-state index in [4.69, 9.17) is 53.4 Å². The standard InChI is InChI=1S/C12H14N6O4.C12H12N6O3.C12H10N6O3.C11H12N6O3/c1-3-20-9-7-22-11(18-12(19)17(2)15-16-18)8(9)6-21-10-4-5-13-14-10;2*1-3-8-6-21-11(18-12(19)17(2)15-16-18)9(8)7-20-10-4-5-13-14-10;1-7-5-20-10(17-11(18)16(2)14-15-17)8(7)6-19-9-3-4-12-13-9/h4-5,7H,3,6H2,1-2H3,(H,13,14);3-6H,1,7H2,2H3,(H,13,14);1,4-6H,7H2,2H3,(H,13,14);3-5H,6H2,1-2H3,(H,12,13)/i/hT4. The first kappa shape index (κ1) is 51.2. The van der Waals surface area contributed by atoms with Crippen LogP contribution in [-0.4, -0.2) is 127 Å². The van der Waals surface area contributed by atoms with Gasteiger partial charge in [-0.25, -0.2) is 19.2 Å². The molecule has 12 aromatic heterocycles. The Balaban J connectivity index is 0.000000140. The Kier molecular flexibility index (Phi) is 15.7. The van der Waals surface area contributed by atoms with Crippen molar-refractivity contribution in [3.8, 4) is 65.1 Å². The summed E-state index contributed by atoms with van der Waals surface area (Å²) < 4.78 is 86.4. The van der Waals surface area contributed by atoms with Crippen LogP contribution < -0.4 is 46.4 Å². The number of terminal acetylenes is 1. The summed E-state index contributed by atoms with van der Waals surface area (Å²) in [6.45, 7) is 8.01. The number of ether oxygens (including phenoxy) is 5. The quantitative estimate of drug-likeness (QED) is 0.0813. The first-order valence-electron chi connectivity index (χ1n) is 25.9. The van der Waals surface area contributed by atoms with Crippen molar-refractivity contribution in [2.24, 2.45) is 28.2 Å². The van der Waals surface area contributed by atoms with E-state index >= 15 is 0 Å². The highest BCUT2D eigenvalue weighted by Crippen LogP contribution is 2.29. The lowest BCUT2D eigenvalue weighted by atomic mass is 10.2. The number of nitrogens with zero attached hydrogens (tertiary/aromatic N) is 20. The molecule has 4 N–H and O–H groups in total. The summed E-state index contributed by atoms with van der Waals surface area (Å²) in [4.78, 5) is 47.7. The maximum absolute atomic E-state index is 12.0. The predicted molar refractivity (Wildman–Crippen MR) is 281 cm³/mol. The molecule has 84 heavy (non-hydrogen) atoms. The molecule has 0 radical (unpaired) electrons. The molecule has 0 aliphatic carbocycles. The number of aromatic nitrogens is 24. The fraction of sp³-hybridized carbons (Fsp3) is 0.234. The minimum atomic E-state index is -0.477. The van der Waals surface area contributed by atoms with Crippen LogP contribution >= 0.6 is 0 Å². The van der Waals surface area contributed by atoms with Crippen molar-refractivity contribution in [2.75, 3.05) is 6.61 Å². The highest BCUT2D eigenvalue weighted by molar-refractivity contribution is 5.55. The summed E-state index contributed by atoms with van der Waals surface area (Å²) in [5, 5.41) is 48.1. The van der Waals surface area contributed by atoms with Gasteiger partial charge in [0.05, 0.1) is 40.7 Å². The SMILES string of the molecule is [3H]n1ccc(OCc2c(C#C)coc2-n2nnn(C)c2=O)n1.[3H]n1ccc(OCc2c(C)coc2-n2nnn(C)c2=O)n1.[3H]n1ccc(OCc2c(C=C)coc2-n2nnn(C)c2=O)n1.[3H]n1ccc(OCc2c(OCC)coc2-n2nnn(C)c2=O)n1. The van der Waals surface area contributed by atoms with Crippen molar-refractivity contribution >= 4 is 6.08 Å². The summed E-state index contributed by atoms with van der Waals surface area (Å²) >= 11 is 0. The van der Waals surface area contributed by atoms with Crippen LogP contribution in [0, 0.1) is 19.3 Å². The summed E-state index contributed by atoms with van der Waals surface area (Å²) in [5.41, 5.74) is 2.31. The molecule has 0 fully saturated rings. The van der Waals surface area contributed by atoms with Gasteiger partial charge in [0.15, 0.2) is 11.4 Å². The average Bonchev–Trinajstić information content (AvgIpc) is 3.05. The number of aryl methyl sites for hydroxylation is 5. The van der Waals surface area contributed by atoms with Gasteiger partial charge in [0.1, 0.15) is 45.2 Å². The van der Waals surface area contributed by atoms with Crippen LogP contribution in [0.3, 0.4) is 0 Å². The van der Waals surface area contributed by atoms with E-state index in [0.29, 0.717) is 51.6 Å². The zero-order chi connectivity index (χ0) is 62.8. The zero-order valence-corrected chi connectivity index (χ0v) is 44.9. The molecular weight excluding hydrogens is 1110 g/mol. The van der Waals surface area contributed by atoms with E-state index in [1.54, 1.807) is 24.3 Å². The third-order valence-corrected chi connectivity index (χ3v) is 11.2. The normalized spacial score (nSPS) is 11.4. The Bertz CT molecular complexity index is 4630. The van der Waals surface area contributed by atoms with Crippen LogP contribution in [0.15, 0.2) is 118 Å². The summed E-state index contributed by atoms with van der Waals surface area (Å²) in [6.07, 6.45) is 18.4. The molecule has 0 spiro atoms. The highest BCUT2D eigenvalue weighted by atomic mass is 16.5. The van der Waals surface area contributed by atoms with E-state index < -0.39 is 22.8 Å². The fourth-order valence-corrected chi connectivity index (χ4v) is 6.98. The first-order valence-corrected chi connectivity index (χ1v) is 24.1. The third-order valence-electron chi connectivity index (χ3n) is 11.2. The minimum Gasteiger partial charge on any atom is -0.490 e. The number of H-pyrrole nitrogens is 4. The van der Waals surface area contributed by atoms with Crippen LogP contribution in [0.25, 0.3) is 29.6 Å². The Morgan fingerprint density at radius 2 is 0.881 bits per heavy atom. The third kappa shape index (κ3) is 12.4. The average molecular weight is 1170 g/mol. The van der Waals surface area contributed by atoms with Crippen LogP contribution in [0.4, 0.5) is 0 Å². The van der Waals surface area contributed by atoms with Crippen LogP contribution in [-0.2, 0) is 54.6 Å². The van der Waals surface area contributed by atoms with Gasteiger partial charge in [-0.1, -0.05) is 18.6 Å². The monoisotopic (exact) mass is 1160 g/mol. The van der Waals surface area contributed by atoms with Crippen molar-refractivity contribution in [1.82, 2.24) is 120 Å². The maximum atomic E-state index is 12.0. The van der Waals surface area contributed by atoms with E-state index in [1.165, 1.54) is 84.1 Å². The smallest absolute Gasteiger partial charge is 0.370 e. The van der Waals surface area contributed by atoms with E-state index in [-0.39, 0.29) is 67.6 Å². The lowest BCUT2D eigenvalue weighted by Crippen LogP contribution is -2.22. The van der Waals surface area contributed by atoms with Gasteiger partial charge in [0.2, 0.25) is 47.1 Å². The van der Waals surface area contributed by atoms with Gasteiger partial charge in [0, 0.05) is 82.8 Å². The van der Waals surface area contributed by atoms with E-state index in [0.717, 1.165) is 63.4 Å². The molecule has 12 heterocycles. The van der Waals surface area contributed by atoms with Crippen molar-refractivity contribution in [3.05, 3.63) is 162 Å². The fourth-order valence-electron chi connectivity index (χ4n) is 6.98. The van der Waals surface area contributed by atoms with E-state index in [1.807, 2.05) is 13.8 Å². The second kappa shape index (κ2) is 25.7. The van der Waals surface area contributed by atoms with Crippen molar-refractivity contribution in [3.63, 3.8) is 0 Å². The molecule has 0 atom stereocenters. The molecular formula is C47H48N24O13. The molecule has 434 valence electrons. The largest absolute Gasteiger partial charge is 0.490 e. The molecule has 0 amide bonds. The first-order chi connectivity index (χ1) is 42.3. The summed E-state index contributed by atoms with van der Waals surface area (Å²) in [7, 11) is 5.93. The van der Waals surface area contributed by atoms with Gasteiger partial charge in [-0.3, -0.25) is 20.4 Å². The van der Waals surface area contributed by atoms with Gasteiger partial charge < -0.3 is 41.4 Å². The minimum absolute atomic E-state index is 0.00535. The maximum Gasteiger partial charge on any atom is 0.370 e. The molecule has 0 aliphatic rings. The van der Waals surface area contributed by atoms with E-state index in [9.17, 15) is 19.2 Å². The number of tetrazole rings is 4. The summed E-state index contributed by atoms with van der Waals surface area (Å²) in [6, 6.07) is 6.18. The Morgan fingerprint density at radius 1 is 0.524 bits per heavy atom. The lowest BCUT2D eigenvalue weighted by Gasteiger charge is -2.06. The number of hydrogen-bond donors (Lipinski definition) is 4. The number of hydrogen-bond acceptors (Lipinski definition) is 25. The number of nitrogens with one attached hydrogen (secondary N) is 4. The molecule has 0 saturated carbocycles. The summed E-state index contributed by atoms with van der Waals surface area (Å²) in [5.74, 6) is 4.75. The van der Waals surface area contributed by atoms with Crippen molar-refractivity contribution < 1.29 is 47.0 Å². The van der Waals surface area contributed by atoms with Gasteiger partial charge in [-0.05, 0) is 61.1 Å². The second-order valence-corrected chi connectivity index (χ2v) is 16.6. The number of aromatic amines is 4. The molecule has 0 aliphatic heterocycles. The van der Waals surface area contributed by atoms with Crippen LogP contribution in [0.2, 0.25) is 5.65 Å². The zero-order valence-electron chi connectivity index (χ0n) is 48.9. The predicted octanol–water partition coefficient (Wildman–Crippen LogP) is 0.776. The van der Waals surface area contributed by atoms with E-state index in [2.05, 4.69) is 74.6 Å². The number of rotatable bonds is 19. The Labute approximate surface area is 473 Å². The van der Waals surface area contributed by atoms with Gasteiger partial charge >= 0.3 is 22.8 Å². The van der Waals surface area contributed by atoms with Crippen molar-refractivity contribution in [2.45, 2.75) is 40.3 Å². The molecule has 12 aromatic rings. The molecule has 0 aromatic carbocycles. The Hall–Kier alpha value is -12.3.